The van der Waals surface area contributed by atoms with E-state index in [9.17, 15) is 9.59 Å². The lowest BCUT2D eigenvalue weighted by atomic mass is 9.93. The Morgan fingerprint density at radius 2 is 1.82 bits per heavy atom. The van der Waals surface area contributed by atoms with Crippen LogP contribution in [0.4, 0.5) is 0 Å². The van der Waals surface area contributed by atoms with Crippen LogP contribution in [-0.2, 0) is 23.8 Å². The lowest BCUT2D eigenvalue weighted by molar-refractivity contribution is -0.152. The maximum atomic E-state index is 12.7. The molecule has 0 bridgehead atoms. The topological polar surface area (TPSA) is 88.9 Å². The molecule has 0 saturated heterocycles. The minimum absolute atomic E-state index is 0.0128. The van der Waals surface area contributed by atoms with Gasteiger partial charge in [0.1, 0.15) is 6.10 Å². The maximum Gasteiger partial charge on any atom is 0.306 e. The van der Waals surface area contributed by atoms with Gasteiger partial charge >= 0.3 is 5.97 Å². The van der Waals surface area contributed by atoms with Crippen LogP contribution in [0.5, 0.6) is 0 Å². The lowest BCUT2D eigenvalue weighted by Gasteiger charge is -2.31. The molecule has 0 radical (unpaired) electrons. The number of carbonyl (C=O) groups is 2. The van der Waals surface area contributed by atoms with E-state index in [0.717, 1.165) is 44.1 Å². The highest BCUT2D eigenvalue weighted by atomic mass is 16.5. The number of carbonyl (C=O) groups excluding carboxylic acids is 2. The van der Waals surface area contributed by atoms with Gasteiger partial charge in [-0.3, -0.25) is 9.59 Å². The number of ether oxygens (including phenoxy) is 3. The highest BCUT2D eigenvalue weighted by Crippen LogP contribution is 2.23. The molecule has 6 atom stereocenters. The van der Waals surface area contributed by atoms with E-state index in [1.54, 1.807) is 13.2 Å². The summed E-state index contributed by atoms with van der Waals surface area (Å²) >= 11 is 0. The van der Waals surface area contributed by atoms with Gasteiger partial charge in [0.2, 0.25) is 0 Å². The van der Waals surface area contributed by atoms with Crippen LogP contribution < -0.4 is 0 Å². The molecule has 7 nitrogen and oxygen atoms in total. The number of rotatable bonds is 12. The van der Waals surface area contributed by atoms with Crippen LogP contribution in [0.1, 0.15) is 98.3 Å². The monoisotopic (exact) mass is 546 g/mol. The quantitative estimate of drug-likeness (QED) is 0.261. The van der Waals surface area contributed by atoms with Gasteiger partial charge in [-0.1, -0.05) is 31.6 Å². The largest absolute Gasteiger partial charge is 0.462 e. The molecule has 0 saturated carbocycles. The van der Waals surface area contributed by atoms with Crippen molar-refractivity contribution < 1.29 is 23.8 Å². The van der Waals surface area contributed by atoms with Crippen molar-refractivity contribution >= 4 is 11.8 Å². The van der Waals surface area contributed by atoms with Gasteiger partial charge in [0.25, 0.3) is 0 Å². The Hall–Kier alpha value is -2.01. The predicted octanol–water partition coefficient (Wildman–Crippen LogP) is 6.42. The molecule has 39 heavy (non-hydrogen) atoms. The Kier molecular flexibility index (Phi) is 17.9. The van der Waals surface area contributed by atoms with Crippen molar-refractivity contribution in [1.29, 1.82) is 5.26 Å². The zero-order valence-electron chi connectivity index (χ0n) is 25.6. The van der Waals surface area contributed by atoms with Gasteiger partial charge in [-0.2, -0.15) is 5.26 Å². The first kappa shape index (κ1) is 35.0. The van der Waals surface area contributed by atoms with Crippen molar-refractivity contribution in [3.05, 3.63) is 23.8 Å². The smallest absolute Gasteiger partial charge is 0.306 e. The molecule has 4 unspecified atom stereocenters. The second kappa shape index (κ2) is 20.0. The first-order valence-corrected chi connectivity index (χ1v) is 14.9. The average molecular weight is 547 g/mol. The zero-order chi connectivity index (χ0) is 29.2. The van der Waals surface area contributed by atoms with Crippen molar-refractivity contribution in [1.82, 2.24) is 4.90 Å². The summed E-state index contributed by atoms with van der Waals surface area (Å²) in [5.41, 5.74) is 0.958. The first-order chi connectivity index (χ1) is 18.6. The number of nitriles is 1. The van der Waals surface area contributed by atoms with Crippen molar-refractivity contribution in [2.75, 3.05) is 27.8 Å². The molecule has 0 amide bonds. The van der Waals surface area contributed by atoms with Gasteiger partial charge in [0.15, 0.2) is 5.78 Å². The highest BCUT2D eigenvalue weighted by Gasteiger charge is 2.24. The van der Waals surface area contributed by atoms with Gasteiger partial charge < -0.3 is 19.1 Å². The maximum absolute atomic E-state index is 12.7. The lowest BCUT2D eigenvalue weighted by Crippen LogP contribution is -2.34. The highest BCUT2D eigenvalue weighted by molar-refractivity contribution is 5.89. The van der Waals surface area contributed by atoms with Gasteiger partial charge in [0, 0.05) is 38.3 Å². The van der Waals surface area contributed by atoms with Crippen molar-refractivity contribution in [2.45, 2.75) is 123 Å². The molecule has 0 aromatic rings. The fraction of sp³-hybridized carbons (Fsp3) is 0.781. The Labute approximate surface area is 237 Å². The van der Waals surface area contributed by atoms with Crippen molar-refractivity contribution in [2.24, 2.45) is 11.8 Å². The van der Waals surface area contributed by atoms with Crippen LogP contribution in [0.25, 0.3) is 0 Å². The minimum Gasteiger partial charge on any atom is -0.462 e. The van der Waals surface area contributed by atoms with E-state index in [1.807, 2.05) is 26.0 Å². The van der Waals surface area contributed by atoms with Gasteiger partial charge in [0.05, 0.1) is 24.9 Å². The number of hydrogen-bond acceptors (Lipinski definition) is 7. The summed E-state index contributed by atoms with van der Waals surface area (Å²) in [7, 11) is 5.85. The van der Waals surface area contributed by atoms with Crippen LogP contribution in [0, 0.1) is 23.2 Å². The summed E-state index contributed by atoms with van der Waals surface area (Å²) in [6.45, 7) is 8.75. The van der Waals surface area contributed by atoms with Gasteiger partial charge in [-0.15, -0.1) is 0 Å². The standard InChI is InChI=1S/C32H54N2O5/c1-8-31-27(23-37-7)20-25(3)17-18-29(35)13-9-14-30(15-10-16-32(36)39-31)38-26(4)22-28(34(5)6)21-24(2)12-11-19-33/h17-18,20,24,26-28,30-31H,8-16,21-23H2,1-7H3/b18-17+,25-20+/t24?,26?,27?,28?,30-,31+/m0/s1. The van der Waals surface area contributed by atoms with Crippen LogP contribution in [0.3, 0.4) is 0 Å². The van der Waals surface area contributed by atoms with E-state index >= 15 is 0 Å². The SMILES string of the molecule is CC[C@H]1OC(=O)CCC[C@@H](OC(C)CC(CC(C)CCC#N)N(C)C)CCCC(=O)/C=C/C(C)=C/C1COC. The van der Waals surface area contributed by atoms with Crippen LogP contribution in [0.15, 0.2) is 23.8 Å². The molecule has 0 aliphatic carbocycles. The minimum atomic E-state index is -0.269. The summed E-state index contributed by atoms with van der Waals surface area (Å²) in [5.74, 6) is 0.340. The summed E-state index contributed by atoms with van der Waals surface area (Å²) in [5, 5.41) is 8.92. The number of allylic oxidation sites excluding steroid dienone is 3. The normalized spacial score (nSPS) is 26.6. The third-order valence-electron chi connectivity index (χ3n) is 7.57. The molecule has 0 aromatic carbocycles. The summed E-state index contributed by atoms with van der Waals surface area (Å²) in [6, 6.07) is 2.62. The van der Waals surface area contributed by atoms with E-state index in [-0.39, 0.29) is 36.0 Å². The van der Waals surface area contributed by atoms with Gasteiger partial charge in [-0.05, 0) is 91.3 Å². The van der Waals surface area contributed by atoms with E-state index in [4.69, 9.17) is 19.5 Å². The van der Waals surface area contributed by atoms with E-state index in [2.05, 4.69) is 38.9 Å². The molecule has 0 aromatic heterocycles. The van der Waals surface area contributed by atoms with E-state index in [0.29, 0.717) is 50.7 Å². The van der Waals surface area contributed by atoms with Crippen LogP contribution in [-0.4, -0.2) is 68.8 Å². The summed E-state index contributed by atoms with van der Waals surface area (Å²) in [6.07, 6.45) is 13.2. The Balaban J connectivity index is 2.90. The molecule has 1 aliphatic heterocycles. The van der Waals surface area contributed by atoms with Gasteiger partial charge in [-0.25, -0.2) is 0 Å². The summed E-state index contributed by atoms with van der Waals surface area (Å²) < 4.78 is 17.8. The molecule has 1 rings (SSSR count). The predicted molar refractivity (Wildman–Crippen MR) is 156 cm³/mol. The van der Waals surface area contributed by atoms with E-state index in [1.165, 1.54) is 0 Å². The second-order valence-corrected chi connectivity index (χ2v) is 11.5. The number of ketones is 1. The molecule has 222 valence electrons. The molecule has 0 fully saturated rings. The first-order valence-electron chi connectivity index (χ1n) is 14.9. The van der Waals surface area contributed by atoms with Crippen LogP contribution >= 0.6 is 0 Å². The molecular weight excluding hydrogens is 492 g/mol. The number of nitrogens with zero attached hydrogens (tertiary/aromatic N) is 2. The molecule has 0 N–H and O–H groups in total. The fourth-order valence-corrected chi connectivity index (χ4v) is 5.29. The third-order valence-corrected chi connectivity index (χ3v) is 7.57. The van der Waals surface area contributed by atoms with Crippen molar-refractivity contribution in [3.63, 3.8) is 0 Å². The molecular formula is C32H54N2O5. The Morgan fingerprint density at radius 1 is 1.13 bits per heavy atom. The number of methoxy groups -OCH3 is 1. The second-order valence-electron chi connectivity index (χ2n) is 11.5. The molecule has 1 heterocycles. The Morgan fingerprint density at radius 3 is 2.44 bits per heavy atom. The van der Waals surface area contributed by atoms with E-state index < -0.39 is 0 Å². The van der Waals surface area contributed by atoms with Crippen LogP contribution in [0.2, 0.25) is 0 Å². The number of cyclic esters (lactones) is 1. The molecule has 1 aliphatic rings. The Bertz CT molecular complexity index is 816. The number of hydrogen-bond donors (Lipinski definition) is 0. The third kappa shape index (κ3) is 15.4. The molecule has 0 spiro atoms. The van der Waals surface area contributed by atoms with Crippen molar-refractivity contribution in [3.8, 4) is 6.07 Å². The molecule has 7 heteroatoms. The number of esters is 1. The fourth-order valence-electron chi connectivity index (χ4n) is 5.29. The average Bonchev–Trinajstić information content (AvgIpc) is 2.88. The summed E-state index contributed by atoms with van der Waals surface area (Å²) in [4.78, 5) is 27.5. The zero-order valence-corrected chi connectivity index (χ0v) is 25.6.